The summed E-state index contributed by atoms with van der Waals surface area (Å²) in [5, 5.41) is 8.55. The predicted molar refractivity (Wildman–Crippen MR) is 69.5 cm³/mol. The van der Waals surface area contributed by atoms with Crippen LogP contribution in [0.1, 0.15) is 21.7 Å². The molecule has 0 bridgehead atoms. The largest absolute Gasteiger partial charge is 0.289 e. The minimum Gasteiger partial charge on any atom is -0.289 e. The SMILES string of the molecule is Cc1c(C(=O)/C=C/c2c(Cl)cnn2C)cnn1C. The Hall–Kier alpha value is -1.88. The highest BCUT2D eigenvalue weighted by Gasteiger charge is 2.10. The van der Waals surface area contributed by atoms with E-state index in [0.717, 1.165) is 5.69 Å². The fraction of sp³-hybridized carbons (Fsp3) is 0.250. The van der Waals surface area contributed by atoms with E-state index in [2.05, 4.69) is 10.2 Å². The third-order valence-corrected chi connectivity index (χ3v) is 3.12. The van der Waals surface area contributed by atoms with Crippen LogP contribution < -0.4 is 0 Å². The van der Waals surface area contributed by atoms with E-state index < -0.39 is 0 Å². The van der Waals surface area contributed by atoms with Gasteiger partial charge in [0.05, 0.1) is 28.7 Å². The topological polar surface area (TPSA) is 52.7 Å². The maximum atomic E-state index is 12.0. The van der Waals surface area contributed by atoms with Crippen LogP contribution in [-0.2, 0) is 14.1 Å². The maximum Gasteiger partial charge on any atom is 0.189 e. The Kier molecular flexibility index (Phi) is 3.34. The maximum absolute atomic E-state index is 12.0. The fourth-order valence-corrected chi connectivity index (χ4v) is 1.82. The first-order valence-corrected chi connectivity index (χ1v) is 5.77. The smallest absolute Gasteiger partial charge is 0.189 e. The molecule has 2 aromatic rings. The van der Waals surface area contributed by atoms with Crippen molar-refractivity contribution in [3.8, 4) is 0 Å². The average molecular weight is 265 g/mol. The number of hydrogen-bond acceptors (Lipinski definition) is 3. The molecule has 2 aromatic heterocycles. The summed E-state index contributed by atoms with van der Waals surface area (Å²) in [6.07, 6.45) is 6.24. The van der Waals surface area contributed by atoms with Gasteiger partial charge >= 0.3 is 0 Å². The molecule has 18 heavy (non-hydrogen) atoms. The predicted octanol–water partition coefficient (Wildman–Crippen LogP) is 2.01. The lowest BCUT2D eigenvalue weighted by Gasteiger charge is -1.97. The van der Waals surface area contributed by atoms with Gasteiger partial charge in [-0.25, -0.2) is 0 Å². The van der Waals surface area contributed by atoms with E-state index in [1.54, 1.807) is 41.9 Å². The zero-order chi connectivity index (χ0) is 13.3. The van der Waals surface area contributed by atoms with E-state index in [9.17, 15) is 4.79 Å². The monoisotopic (exact) mass is 264 g/mol. The van der Waals surface area contributed by atoms with Crippen molar-refractivity contribution < 1.29 is 4.79 Å². The Bertz CT molecular complexity index is 605. The van der Waals surface area contributed by atoms with Crippen molar-refractivity contribution in [3.05, 3.63) is 40.4 Å². The molecule has 0 amide bonds. The van der Waals surface area contributed by atoms with Crippen LogP contribution in [0.2, 0.25) is 5.02 Å². The lowest BCUT2D eigenvalue weighted by atomic mass is 10.1. The zero-order valence-corrected chi connectivity index (χ0v) is 11.1. The molecule has 0 fully saturated rings. The molecule has 0 aliphatic rings. The van der Waals surface area contributed by atoms with E-state index in [1.165, 1.54) is 6.08 Å². The number of nitrogens with zero attached hydrogens (tertiary/aromatic N) is 4. The molecule has 0 aliphatic heterocycles. The molecule has 5 nitrogen and oxygen atoms in total. The number of ketones is 1. The van der Waals surface area contributed by atoms with Gasteiger partial charge in [-0.2, -0.15) is 10.2 Å². The van der Waals surface area contributed by atoms with Crippen molar-refractivity contribution in [1.82, 2.24) is 19.6 Å². The Morgan fingerprint density at radius 3 is 2.44 bits per heavy atom. The van der Waals surface area contributed by atoms with Crippen LogP contribution in [0.15, 0.2) is 18.5 Å². The van der Waals surface area contributed by atoms with Gasteiger partial charge in [-0.3, -0.25) is 14.2 Å². The van der Waals surface area contributed by atoms with E-state index >= 15 is 0 Å². The Morgan fingerprint density at radius 1 is 1.28 bits per heavy atom. The molecule has 0 N–H and O–H groups in total. The molecule has 94 valence electrons. The van der Waals surface area contributed by atoms with Crippen LogP contribution in [0.3, 0.4) is 0 Å². The molecule has 0 aromatic carbocycles. The number of aryl methyl sites for hydroxylation is 2. The Balaban J connectivity index is 2.25. The quantitative estimate of drug-likeness (QED) is 0.629. The fourth-order valence-electron chi connectivity index (χ4n) is 1.59. The summed E-state index contributed by atoms with van der Waals surface area (Å²) in [7, 11) is 3.57. The van der Waals surface area contributed by atoms with Gasteiger partial charge in [-0.1, -0.05) is 11.6 Å². The van der Waals surface area contributed by atoms with Gasteiger partial charge in [0.15, 0.2) is 5.78 Å². The van der Waals surface area contributed by atoms with Gasteiger partial charge in [0.1, 0.15) is 0 Å². The van der Waals surface area contributed by atoms with Crippen LogP contribution in [0.25, 0.3) is 6.08 Å². The molecule has 0 unspecified atom stereocenters. The van der Waals surface area contributed by atoms with Crippen LogP contribution in [0.5, 0.6) is 0 Å². The van der Waals surface area contributed by atoms with Crippen LogP contribution in [0.4, 0.5) is 0 Å². The highest BCUT2D eigenvalue weighted by Crippen LogP contribution is 2.16. The summed E-state index contributed by atoms with van der Waals surface area (Å²) >= 11 is 5.95. The van der Waals surface area contributed by atoms with Gasteiger partial charge in [0.25, 0.3) is 0 Å². The summed E-state index contributed by atoms with van der Waals surface area (Å²) in [4.78, 5) is 12.0. The van der Waals surface area contributed by atoms with Crippen molar-refractivity contribution >= 4 is 23.5 Å². The minimum absolute atomic E-state index is 0.0992. The van der Waals surface area contributed by atoms with Crippen LogP contribution in [-0.4, -0.2) is 25.3 Å². The molecule has 0 radical (unpaired) electrons. The number of halogens is 1. The van der Waals surface area contributed by atoms with Gasteiger partial charge in [0, 0.05) is 19.8 Å². The number of hydrogen-bond donors (Lipinski definition) is 0. The van der Waals surface area contributed by atoms with Gasteiger partial charge in [-0.05, 0) is 19.1 Å². The Labute approximate surface area is 110 Å². The summed E-state index contributed by atoms with van der Waals surface area (Å²) in [5.74, 6) is -0.0992. The van der Waals surface area contributed by atoms with E-state index in [4.69, 9.17) is 11.6 Å². The number of aromatic nitrogens is 4. The molecule has 2 rings (SSSR count). The molecule has 2 heterocycles. The molecule has 0 atom stereocenters. The first-order valence-electron chi connectivity index (χ1n) is 5.39. The van der Waals surface area contributed by atoms with Crippen LogP contribution >= 0.6 is 11.6 Å². The van der Waals surface area contributed by atoms with Gasteiger partial charge < -0.3 is 0 Å². The lowest BCUT2D eigenvalue weighted by molar-refractivity contribution is 0.104. The second-order valence-corrected chi connectivity index (χ2v) is 4.37. The number of rotatable bonds is 3. The van der Waals surface area contributed by atoms with E-state index in [1.807, 2.05) is 6.92 Å². The van der Waals surface area contributed by atoms with E-state index in [0.29, 0.717) is 16.3 Å². The molecule has 0 spiro atoms. The standard InChI is InChI=1S/C12H13ClN4O/c1-8-9(6-14-16(8)2)12(18)5-4-11-10(13)7-15-17(11)3/h4-7H,1-3H3/b5-4+. The van der Waals surface area contributed by atoms with Gasteiger partial charge in [-0.15, -0.1) is 0 Å². The number of carbonyl (C=O) groups is 1. The van der Waals surface area contributed by atoms with Crippen molar-refractivity contribution in [3.63, 3.8) is 0 Å². The Morgan fingerprint density at radius 2 is 1.94 bits per heavy atom. The summed E-state index contributed by atoms with van der Waals surface area (Å²) in [6.45, 7) is 1.85. The number of allylic oxidation sites excluding steroid dienone is 1. The highest BCUT2D eigenvalue weighted by molar-refractivity contribution is 6.31. The van der Waals surface area contributed by atoms with E-state index in [-0.39, 0.29) is 5.78 Å². The average Bonchev–Trinajstić information content (AvgIpc) is 2.82. The number of carbonyl (C=O) groups excluding carboxylic acids is 1. The van der Waals surface area contributed by atoms with Crippen molar-refractivity contribution in [1.29, 1.82) is 0 Å². The molecule has 6 heteroatoms. The summed E-state index contributed by atoms with van der Waals surface area (Å²) in [5.41, 5.74) is 2.12. The third-order valence-electron chi connectivity index (χ3n) is 2.83. The van der Waals surface area contributed by atoms with Crippen LogP contribution in [0, 0.1) is 6.92 Å². The van der Waals surface area contributed by atoms with Gasteiger partial charge in [0.2, 0.25) is 0 Å². The first kappa shape index (κ1) is 12.6. The highest BCUT2D eigenvalue weighted by atomic mass is 35.5. The molecule has 0 saturated carbocycles. The van der Waals surface area contributed by atoms with Crippen molar-refractivity contribution in [2.24, 2.45) is 14.1 Å². The third kappa shape index (κ3) is 2.22. The normalized spacial score (nSPS) is 11.3. The first-order chi connectivity index (χ1) is 8.50. The second kappa shape index (κ2) is 4.78. The second-order valence-electron chi connectivity index (χ2n) is 3.97. The summed E-state index contributed by atoms with van der Waals surface area (Å²) < 4.78 is 3.28. The minimum atomic E-state index is -0.0992. The summed E-state index contributed by atoms with van der Waals surface area (Å²) in [6, 6.07) is 0. The molecule has 0 aliphatic carbocycles. The lowest BCUT2D eigenvalue weighted by Crippen LogP contribution is -1.99. The van der Waals surface area contributed by atoms with Crippen molar-refractivity contribution in [2.75, 3.05) is 0 Å². The molecular formula is C12H13ClN4O. The zero-order valence-electron chi connectivity index (χ0n) is 10.4. The molecule has 0 saturated heterocycles. The molecular weight excluding hydrogens is 252 g/mol. The van der Waals surface area contributed by atoms with Crippen molar-refractivity contribution in [2.45, 2.75) is 6.92 Å².